The predicted molar refractivity (Wildman–Crippen MR) is 118 cm³/mol. The number of quaternary nitrogens is 1. The van der Waals surface area contributed by atoms with Crippen LogP contribution in [-0.2, 0) is 13.0 Å². The number of hydrogen-bond acceptors (Lipinski definition) is 3. The van der Waals surface area contributed by atoms with Crippen LogP contribution in [0.15, 0.2) is 36.4 Å². The van der Waals surface area contributed by atoms with Gasteiger partial charge in [0.25, 0.3) is 0 Å². The third-order valence-electron chi connectivity index (χ3n) is 5.85. The standard InChI is InChI=1S/C24H32FN3O3/c1-5-10-26-24(29)27-16(2)23-20-14-22(31-4)21(30-3)13-18(20)9-11-28(23)15-17-7-6-8-19(25)12-17/h6-8,12-14,16,23H,5,9-11,15H2,1-4H3,(H2,26,27,29)/p+1/t16-,23+/m1/s1. The van der Waals surface area contributed by atoms with Gasteiger partial charge in [-0.25, -0.2) is 9.18 Å². The van der Waals surface area contributed by atoms with E-state index in [0.717, 1.165) is 30.5 Å². The van der Waals surface area contributed by atoms with Crippen molar-refractivity contribution in [2.24, 2.45) is 0 Å². The summed E-state index contributed by atoms with van der Waals surface area (Å²) in [5, 5.41) is 5.99. The molecule has 1 aliphatic heterocycles. The van der Waals surface area contributed by atoms with Gasteiger partial charge in [0.15, 0.2) is 11.5 Å². The molecule has 1 heterocycles. The highest BCUT2D eigenvalue weighted by atomic mass is 19.1. The average Bonchev–Trinajstić information content (AvgIpc) is 2.76. The Morgan fingerprint density at radius 2 is 1.97 bits per heavy atom. The van der Waals surface area contributed by atoms with Crippen LogP contribution in [0.5, 0.6) is 11.5 Å². The zero-order valence-corrected chi connectivity index (χ0v) is 18.8. The second kappa shape index (κ2) is 10.5. The molecule has 3 rings (SSSR count). The van der Waals surface area contributed by atoms with Gasteiger partial charge in [-0.2, -0.15) is 0 Å². The number of fused-ring (bicyclic) bond motifs is 1. The number of nitrogens with one attached hydrogen (secondary N) is 3. The Kier molecular flexibility index (Phi) is 7.74. The van der Waals surface area contributed by atoms with E-state index in [1.165, 1.54) is 16.5 Å². The fraction of sp³-hybridized carbons (Fsp3) is 0.458. The summed E-state index contributed by atoms with van der Waals surface area (Å²) < 4.78 is 24.8. The van der Waals surface area contributed by atoms with Crippen molar-refractivity contribution in [2.45, 2.75) is 45.3 Å². The summed E-state index contributed by atoms with van der Waals surface area (Å²) >= 11 is 0. The highest BCUT2D eigenvalue weighted by Gasteiger charge is 2.37. The molecule has 0 radical (unpaired) electrons. The Morgan fingerprint density at radius 3 is 2.65 bits per heavy atom. The molecule has 6 nitrogen and oxygen atoms in total. The SMILES string of the molecule is CCCNC(=O)N[C@H](C)[C@H]1c2cc(OC)c(OC)cc2CC[NH+]1Cc1cccc(F)c1. The molecule has 0 saturated carbocycles. The number of carbonyl (C=O) groups excluding carboxylic acids is 1. The van der Waals surface area contributed by atoms with E-state index in [1.54, 1.807) is 26.4 Å². The molecule has 2 amide bonds. The number of benzene rings is 2. The van der Waals surface area contributed by atoms with E-state index in [-0.39, 0.29) is 23.9 Å². The second-order valence-electron chi connectivity index (χ2n) is 8.04. The van der Waals surface area contributed by atoms with Gasteiger partial charge in [-0.1, -0.05) is 19.1 Å². The number of halogens is 1. The van der Waals surface area contributed by atoms with Crippen LogP contribution < -0.4 is 25.0 Å². The van der Waals surface area contributed by atoms with Crippen LogP contribution in [0, 0.1) is 5.82 Å². The smallest absolute Gasteiger partial charge is 0.315 e. The summed E-state index contributed by atoms with van der Waals surface area (Å²) in [4.78, 5) is 13.6. The summed E-state index contributed by atoms with van der Waals surface area (Å²) in [5.74, 6) is 1.14. The quantitative estimate of drug-likeness (QED) is 0.603. The molecule has 1 aliphatic rings. The van der Waals surface area contributed by atoms with Crippen LogP contribution >= 0.6 is 0 Å². The average molecular weight is 431 g/mol. The molecular formula is C24H33FN3O3+. The second-order valence-corrected chi connectivity index (χ2v) is 8.04. The van der Waals surface area contributed by atoms with E-state index >= 15 is 0 Å². The molecule has 7 heteroatoms. The third kappa shape index (κ3) is 5.47. The van der Waals surface area contributed by atoms with Crippen molar-refractivity contribution in [3.63, 3.8) is 0 Å². The lowest BCUT2D eigenvalue weighted by atomic mass is 9.87. The first-order valence-corrected chi connectivity index (χ1v) is 10.8. The number of amides is 2. The molecule has 2 aromatic rings. The fourth-order valence-corrected chi connectivity index (χ4v) is 4.42. The topological polar surface area (TPSA) is 64.0 Å². The summed E-state index contributed by atoms with van der Waals surface area (Å²) in [6, 6.07) is 10.5. The fourth-order valence-electron chi connectivity index (χ4n) is 4.42. The lowest BCUT2D eigenvalue weighted by Gasteiger charge is -2.38. The van der Waals surface area contributed by atoms with Gasteiger partial charge in [-0.3, -0.25) is 0 Å². The highest BCUT2D eigenvalue weighted by molar-refractivity contribution is 5.74. The monoisotopic (exact) mass is 430 g/mol. The van der Waals surface area contributed by atoms with Crippen LogP contribution in [-0.4, -0.2) is 39.4 Å². The Hall–Kier alpha value is -2.80. The number of rotatable bonds is 8. The van der Waals surface area contributed by atoms with Crippen molar-refractivity contribution in [3.05, 3.63) is 58.9 Å². The summed E-state index contributed by atoms with van der Waals surface area (Å²) in [5.41, 5.74) is 3.25. The number of carbonyl (C=O) groups is 1. The molecule has 3 atom stereocenters. The maximum Gasteiger partial charge on any atom is 0.315 e. The van der Waals surface area contributed by atoms with Gasteiger partial charge < -0.3 is 25.0 Å². The Bertz CT molecular complexity index is 906. The first kappa shape index (κ1) is 22.9. The molecule has 1 unspecified atom stereocenters. The molecule has 0 saturated heterocycles. The molecule has 0 spiro atoms. The molecule has 0 fully saturated rings. The molecule has 3 N–H and O–H groups in total. The van der Waals surface area contributed by atoms with E-state index in [4.69, 9.17) is 9.47 Å². The van der Waals surface area contributed by atoms with E-state index < -0.39 is 0 Å². The van der Waals surface area contributed by atoms with Gasteiger partial charge in [-0.05, 0) is 43.2 Å². The van der Waals surface area contributed by atoms with Gasteiger partial charge >= 0.3 is 6.03 Å². The molecular weight excluding hydrogens is 397 g/mol. The molecule has 0 aliphatic carbocycles. The van der Waals surface area contributed by atoms with Crippen LogP contribution in [0.2, 0.25) is 0 Å². The van der Waals surface area contributed by atoms with Crippen molar-refractivity contribution in [1.82, 2.24) is 10.6 Å². The molecule has 31 heavy (non-hydrogen) atoms. The van der Waals surface area contributed by atoms with Gasteiger partial charge in [0, 0.05) is 24.1 Å². The van der Waals surface area contributed by atoms with Gasteiger partial charge in [0.2, 0.25) is 0 Å². The summed E-state index contributed by atoms with van der Waals surface area (Å²) in [6.45, 7) is 6.20. The molecule has 2 aromatic carbocycles. The van der Waals surface area contributed by atoms with Crippen molar-refractivity contribution in [2.75, 3.05) is 27.3 Å². The number of hydrogen-bond donors (Lipinski definition) is 3. The summed E-state index contributed by atoms with van der Waals surface area (Å²) in [6.07, 6.45) is 1.74. The van der Waals surface area contributed by atoms with Crippen molar-refractivity contribution in [1.29, 1.82) is 0 Å². The maximum absolute atomic E-state index is 13.8. The normalized spacial score (nSPS) is 18.6. The lowest BCUT2D eigenvalue weighted by Crippen LogP contribution is -3.13. The highest BCUT2D eigenvalue weighted by Crippen LogP contribution is 2.35. The van der Waals surface area contributed by atoms with Gasteiger partial charge in [0.1, 0.15) is 18.4 Å². The van der Waals surface area contributed by atoms with Gasteiger partial charge in [-0.15, -0.1) is 0 Å². The largest absolute Gasteiger partial charge is 0.493 e. The first-order valence-electron chi connectivity index (χ1n) is 10.8. The van der Waals surface area contributed by atoms with E-state index in [1.807, 2.05) is 32.0 Å². The minimum Gasteiger partial charge on any atom is -0.493 e. The van der Waals surface area contributed by atoms with E-state index in [2.05, 4.69) is 10.6 Å². The number of ether oxygens (including phenoxy) is 2. The van der Waals surface area contributed by atoms with Crippen molar-refractivity contribution < 1.29 is 23.6 Å². The molecule has 0 aromatic heterocycles. The summed E-state index contributed by atoms with van der Waals surface area (Å²) in [7, 11) is 3.26. The maximum atomic E-state index is 13.8. The zero-order valence-electron chi connectivity index (χ0n) is 18.8. The van der Waals surface area contributed by atoms with Crippen LogP contribution in [0.3, 0.4) is 0 Å². The van der Waals surface area contributed by atoms with Crippen LogP contribution in [0.1, 0.15) is 43.0 Å². The minimum atomic E-state index is -0.234. The Labute approximate surface area is 183 Å². The van der Waals surface area contributed by atoms with Crippen LogP contribution in [0.4, 0.5) is 9.18 Å². The van der Waals surface area contributed by atoms with Crippen molar-refractivity contribution >= 4 is 6.03 Å². The van der Waals surface area contributed by atoms with Crippen molar-refractivity contribution in [3.8, 4) is 11.5 Å². The molecule has 168 valence electrons. The number of methoxy groups -OCH3 is 2. The van der Waals surface area contributed by atoms with E-state index in [9.17, 15) is 9.18 Å². The number of urea groups is 1. The minimum absolute atomic E-state index is 0.0146. The first-order chi connectivity index (χ1) is 15.0. The zero-order chi connectivity index (χ0) is 22.4. The Balaban J connectivity index is 1.94. The third-order valence-corrected chi connectivity index (χ3v) is 5.85. The van der Waals surface area contributed by atoms with E-state index in [0.29, 0.717) is 24.6 Å². The Morgan fingerprint density at radius 1 is 1.23 bits per heavy atom. The molecule has 0 bridgehead atoms. The predicted octanol–water partition coefficient (Wildman–Crippen LogP) is 2.62. The van der Waals surface area contributed by atoms with Gasteiger partial charge in [0.05, 0.1) is 26.8 Å². The lowest BCUT2D eigenvalue weighted by molar-refractivity contribution is -0.948. The van der Waals surface area contributed by atoms with Crippen LogP contribution in [0.25, 0.3) is 0 Å².